The van der Waals surface area contributed by atoms with Crippen molar-refractivity contribution < 1.29 is 4.39 Å². The number of benzene rings is 1. The van der Waals surface area contributed by atoms with E-state index in [0.29, 0.717) is 5.96 Å². The summed E-state index contributed by atoms with van der Waals surface area (Å²) < 4.78 is 12.3. The molecule has 0 aromatic heterocycles. The Morgan fingerprint density at radius 3 is 2.55 bits per heavy atom. The zero-order valence-electron chi connectivity index (χ0n) is 13.7. The number of rotatable bonds is 3. The monoisotopic (exact) mass is 302 g/mol. The average molecular weight is 302 g/mol. The Bertz CT molecular complexity index is 643. The fourth-order valence-corrected chi connectivity index (χ4v) is 3.28. The highest BCUT2D eigenvalue weighted by Gasteiger charge is 2.28. The van der Waals surface area contributed by atoms with Crippen molar-refractivity contribution in [1.29, 1.82) is 5.26 Å². The molecule has 118 valence electrons. The van der Waals surface area contributed by atoms with Crippen molar-refractivity contribution in [2.45, 2.75) is 46.6 Å². The summed E-state index contributed by atoms with van der Waals surface area (Å²) in [6, 6.07) is 0.118. The minimum atomic E-state index is -0.532. The van der Waals surface area contributed by atoms with Crippen molar-refractivity contribution in [3.63, 3.8) is 0 Å². The van der Waals surface area contributed by atoms with Crippen molar-refractivity contribution in [2.75, 3.05) is 13.2 Å². The van der Waals surface area contributed by atoms with Crippen LogP contribution in [0.2, 0.25) is 0 Å². The van der Waals surface area contributed by atoms with Gasteiger partial charge in [0, 0.05) is 0 Å². The van der Waals surface area contributed by atoms with Crippen LogP contribution in [0.5, 0.6) is 0 Å². The molecule has 2 N–H and O–H groups in total. The Hall–Kier alpha value is -2.09. The Labute approximate surface area is 131 Å². The number of halogens is 1. The Balaban J connectivity index is 2.34. The maximum absolute atomic E-state index is 12.3. The van der Waals surface area contributed by atoms with Crippen LogP contribution >= 0.6 is 0 Å². The number of hydrogen-bond donors (Lipinski definition) is 2. The maximum atomic E-state index is 12.3. The summed E-state index contributed by atoms with van der Waals surface area (Å²) in [7, 11) is 0. The van der Waals surface area contributed by atoms with Crippen molar-refractivity contribution in [2.24, 2.45) is 4.99 Å². The topological polar surface area (TPSA) is 60.2 Å². The lowest BCUT2D eigenvalue weighted by Crippen LogP contribution is -2.37. The fraction of sp³-hybridized carbons (Fsp3) is 0.529. The van der Waals surface area contributed by atoms with Crippen molar-refractivity contribution >= 4 is 5.96 Å². The first-order valence-corrected chi connectivity index (χ1v) is 7.62. The second-order valence-corrected chi connectivity index (χ2v) is 5.78. The van der Waals surface area contributed by atoms with Gasteiger partial charge < -0.3 is 5.32 Å². The van der Waals surface area contributed by atoms with Crippen molar-refractivity contribution in [1.82, 2.24) is 10.6 Å². The van der Waals surface area contributed by atoms with Gasteiger partial charge in [0.05, 0.1) is 12.6 Å². The molecule has 1 aliphatic carbocycles. The zero-order valence-corrected chi connectivity index (χ0v) is 13.7. The number of nitrogens with zero attached hydrogens (tertiary/aromatic N) is 2. The first-order valence-electron chi connectivity index (χ1n) is 7.62. The van der Waals surface area contributed by atoms with Gasteiger partial charge in [0.15, 0.2) is 6.19 Å². The van der Waals surface area contributed by atoms with Crippen LogP contribution in [0.4, 0.5) is 4.39 Å². The number of hydrogen-bond acceptors (Lipinski definition) is 2. The molecule has 0 spiro atoms. The molecule has 0 radical (unpaired) electrons. The van der Waals surface area contributed by atoms with E-state index in [4.69, 9.17) is 5.26 Å². The zero-order chi connectivity index (χ0) is 16.3. The largest absolute Gasteiger partial charge is 0.349 e. The van der Waals surface area contributed by atoms with Gasteiger partial charge in [-0.25, -0.2) is 9.38 Å². The van der Waals surface area contributed by atoms with Gasteiger partial charge in [0.2, 0.25) is 5.96 Å². The minimum Gasteiger partial charge on any atom is -0.349 e. The maximum Gasteiger partial charge on any atom is 0.205 e. The minimum absolute atomic E-state index is 0.0571. The van der Waals surface area contributed by atoms with Crippen LogP contribution in [0.3, 0.4) is 0 Å². The van der Waals surface area contributed by atoms with Crippen LogP contribution in [-0.4, -0.2) is 19.2 Å². The molecule has 1 unspecified atom stereocenters. The first kappa shape index (κ1) is 16.3. The number of alkyl halides is 1. The van der Waals surface area contributed by atoms with Gasteiger partial charge in [-0.2, -0.15) is 5.26 Å². The SMILES string of the molecule is Cc1c(C)c(C)c2c(c1C)CCC2NC(=NCCF)NC#N. The summed E-state index contributed by atoms with van der Waals surface area (Å²) in [5.74, 6) is 0.355. The Morgan fingerprint density at radius 2 is 1.91 bits per heavy atom. The number of nitrogens with one attached hydrogen (secondary N) is 2. The van der Waals surface area contributed by atoms with Crippen molar-refractivity contribution in [3.8, 4) is 6.19 Å². The van der Waals surface area contributed by atoms with Crippen LogP contribution in [-0.2, 0) is 6.42 Å². The summed E-state index contributed by atoms with van der Waals surface area (Å²) in [5, 5.41) is 14.6. The second-order valence-electron chi connectivity index (χ2n) is 5.78. The number of guanidine groups is 1. The molecule has 5 heteroatoms. The third-order valence-corrected chi connectivity index (χ3v) is 4.74. The van der Waals surface area contributed by atoms with E-state index in [1.54, 1.807) is 0 Å². The van der Waals surface area contributed by atoms with Crippen LogP contribution in [0, 0.1) is 39.1 Å². The van der Waals surface area contributed by atoms with Crippen molar-refractivity contribution in [3.05, 3.63) is 33.4 Å². The summed E-state index contributed by atoms with van der Waals surface area (Å²) in [5.41, 5.74) is 8.06. The van der Waals surface area contributed by atoms with E-state index in [0.717, 1.165) is 12.8 Å². The van der Waals surface area contributed by atoms with E-state index in [9.17, 15) is 4.39 Å². The molecule has 4 nitrogen and oxygen atoms in total. The molecule has 0 saturated carbocycles. The van der Waals surface area contributed by atoms with Crippen LogP contribution < -0.4 is 10.6 Å². The highest BCUT2D eigenvalue weighted by molar-refractivity contribution is 5.82. The van der Waals surface area contributed by atoms with Crippen LogP contribution in [0.1, 0.15) is 45.8 Å². The van der Waals surface area contributed by atoms with E-state index in [-0.39, 0.29) is 12.6 Å². The predicted molar refractivity (Wildman–Crippen MR) is 86.6 cm³/mol. The molecule has 0 heterocycles. The highest BCUT2D eigenvalue weighted by Crippen LogP contribution is 2.38. The first-order chi connectivity index (χ1) is 10.5. The average Bonchev–Trinajstić information content (AvgIpc) is 2.92. The molecule has 0 fully saturated rings. The summed E-state index contributed by atoms with van der Waals surface area (Å²) >= 11 is 0. The van der Waals surface area contributed by atoms with Gasteiger partial charge in [-0.3, -0.25) is 5.32 Å². The van der Waals surface area contributed by atoms with Gasteiger partial charge in [-0.1, -0.05) is 0 Å². The highest BCUT2D eigenvalue weighted by atomic mass is 19.1. The Kier molecular flexibility index (Phi) is 5.02. The molecule has 0 bridgehead atoms. The smallest absolute Gasteiger partial charge is 0.205 e. The summed E-state index contributed by atoms with van der Waals surface area (Å²) in [6.07, 6.45) is 3.83. The molecule has 0 aliphatic heterocycles. The molecule has 1 aromatic rings. The van der Waals surface area contributed by atoms with Gasteiger partial charge in [0.1, 0.15) is 6.67 Å². The normalized spacial score (nSPS) is 17.1. The third kappa shape index (κ3) is 2.92. The molecular formula is C17H23FN4. The van der Waals surface area contributed by atoms with Crippen LogP contribution in [0.25, 0.3) is 0 Å². The molecule has 1 aliphatic rings. The Morgan fingerprint density at radius 1 is 1.23 bits per heavy atom. The quantitative estimate of drug-likeness (QED) is 0.391. The lowest BCUT2D eigenvalue weighted by Gasteiger charge is -2.21. The third-order valence-electron chi connectivity index (χ3n) is 4.74. The molecule has 1 aromatic carbocycles. The molecule has 2 rings (SSSR count). The molecular weight excluding hydrogens is 279 g/mol. The lowest BCUT2D eigenvalue weighted by atomic mass is 9.89. The molecule has 0 amide bonds. The van der Waals surface area contributed by atoms with E-state index in [2.05, 4.69) is 43.3 Å². The molecule has 22 heavy (non-hydrogen) atoms. The fourth-order valence-electron chi connectivity index (χ4n) is 3.28. The number of fused-ring (bicyclic) bond motifs is 1. The van der Waals surface area contributed by atoms with E-state index in [1.165, 1.54) is 33.4 Å². The second kappa shape index (κ2) is 6.78. The van der Waals surface area contributed by atoms with E-state index < -0.39 is 6.67 Å². The van der Waals surface area contributed by atoms with Crippen LogP contribution in [0.15, 0.2) is 4.99 Å². The van der Waals surface area contributed by atoms with Gasteiger partial charge in [-0.05, 0) is 73.9 Å². The standard InChI is InChI=1S/C17H23FN4/c1-10-11(2)13(4)16-14(12(10)3)5-6-15(16)22-17(21-9-19)20-8-7-18/h15H,5-8H2,1-4H3,(H2,20,21,22). The number of aliphatic imine (C=N–C) groups is 1. The number of nitriles is 1. The summed E-state index contributed by atoms with van der Waals surface area (Å²) in [6.45, 7) is 8.17. The van der Waals surface area contributed by atoms with E-state index in [1.807, 2.05) is 6.19 Å². The van der Waals surface area contributed by atoms with Gasteiger partial charge in [-0.15, -0.1) is 0 Å². The van der Waals surface area contributed by atoms with E-state index >= 15 is 0 Å². The molecule has 1 atom stereocenters. The molecule has 0 saturated heterocycles. The summed E-state index contributed by atoms with van der Waals surface area (Å²) in [4.78, 5) is 4.06. The van der Waals surface area contributed by atoms with Gasteiger partial charge >= 0.3 is 0 Å². The van der Waals surface area contributed by atoms with Gasteiger partial charge in [0.25, 0.3) is 0 Å². The predicted octanol–water partition coefficient (Wildman–Crippen LogP) is 2.89. The lowest BCUT2D eigenvalue weighted by molar-refractivity contribution is 0.503.